The van der Waals surface area contributed by atoms with E-state index in [0.717, 1.165) is 79.9 Å². The summed E-state index contributed by atoms with van der Waals surface area (Å²) in [5.41, 5.74) is 5.64. The van der Waals surface area contributed by atoms with Crippen LogP contribution in [0.4, 0.5) is 45.5 Å². The van der Waals surface area contributed by atoms with Gasteiger partial charge in [-0.3, -0.25) is 10.2 Å². The number of nitrogens with one attached hydrogen (secondary N) is 1. The number of anilines is 2. The molecule has 0 amide bonds. The molecule has 8 rings (SSSR count). The summed E-state index contributed by atoms with van der Waals surface area (Å²) in [6.45, 7) is 0. The van der Waals surface area contributed by atoms with Gasteiger partial charge in [-0.05, 0) is 91.0 Å². The van der Waals surface area contributed by atoms with Crippen molar-refractivity contribution in [3.8, 4) is 5.75 Å². The molecule has 7 aromatic rings. The Morgan fingerprint density at radius 2 is 0.937 bits per heavy atom. The van der Waals surface area contributed by atoms with Crippen molar-refractivity contribution < 1.29 is 222 Å². The second-order valence-electron chi connectivity index (χ2n) is 15.2. The van der Waals surface area contributed by atoms with Crippen molar-refractivity contribution in [2.45, 2.75) is 19.6 Å². The number of rotatable bonds is 14. The van der Waals surface area contributed by atoms with E-state index in [0.29, 0.717) is 0 Å². The minimum Gasteiger partial charge on any atom is -0.744 e. The van der Waals surface area contributed by atoms with Gasteiger partial charge in [-0.2, -0.15) is 15.3 Å². The van der Waals surface area contributed by atoms with Crippen molar-refractivity contribution in [2.24, 2.45) is 35.8 Å². The number of ether oxygens (including phenoxy) is 1. The number of hydrogen-bond donors (Lipinski definition) is 2. The number of ketones is 1. The molecule has 0 unspecified atom stereocenters. The fourth-order valence-electron chi connectivity index (χ4n) is 7.16. The number of allylic oxidation sites excluding steroid dienone is 1. The Balaban J connectivity index is 0.00000328. The summed E-state index contributed by atoms with van der Waals surface area (Å²) >= 11 is 0. The van der Waals surface area contributed by atoms with Gasteiger partial charge in [-0.25, -0.2) is 42.1 Å². The monoisotopic (exact) mass is 1210 g/mol. The van der Waals surface area contributed by atoms with E-state index in [2.05, 4.69) is 41.2 Å². The number of carbonyl (C=O) groups excluding carboxylic acids is 1. The van der Waals surface area contributed by atoms with Crippen LogP contribution in [0.25, 0.3) is 27.6 Å². The summed E-state index contributed by atoms with van der Waals surface area (Å²) in [7, 11) is -24.5. The first kappa shape index (κ1) is 70.2. The molecule has 0 fully saturated rings. The summed E-state index contributed by atoms with van der Waals surface area (Å²) in [6, 6.07) is 21.0. The van der Waals surface area contributed by atoms with E-state index < -0.39 is 86.6 Å². The standard InChI is InChI=1S/C43H31N9O17S5.5Na/c1-69-38-21-37(49-48-36-15-14-35(28-10-8-26(18-31(28)36)72(60,61)62)47-45-22-4-2-6-24(16-22)70(54,55)56)32-19-27(73(63,64)65)9-11-29(32)41(38)51-52-42-39(74(66,67)68)20-33-30(43(42)53)12-13-34(44)40(33)50-46-23-5-3-7-25(17-23)71(57,58)59;;;;;/h2-21,51H,44H2,1H3,(H,54,55,56)(H,57,58,59)(H,60,61,62)(H,63,64,65)(H,66,67,68);;;;;/q;5*+1/p-5/b47-45?,49-48?,50-46?,52-42+;;;;;. The van der Waals surface area contributed by atoms with Gasteiger partial charge in [-0.15, -0.1) is 20.5 Å². The van der Waals surface area contributed by atoms with Gasteiger partial charge in [-0.1, -0.05) is 24.3 Å². The van der Waals surface area contributed by atoms with Crippen LogP contribution in [0.3, 0.4) is 0 Å². The van der Waals surface area contributed by atoms with E-state index in [1.54, 1.807) is 0 Å². The molecular weight excluding hydrogens is 1190 g/mol. The van der Waals surface area contributed by atoms with E-state index in [-0.39, 0.29) is 232 Å². The Morgan fingerprint density at radius 3 is 1.44 bits per heavy atom. The van der Waals surface area contributed by atoms with Crippen molar-refractivity contribution in [3.05, 3.63) is 131 Å². The predicted molar refractivity (Wildman–Crippen MR) is 256 cm³/mol. The minimum atomic E-state index is -5.59. The number of nitrogens with zero attached hydrogens (tertiary/aromatic N) is 7. The molecule has 0 bridgehead atoms. The maximum Gasteiger partial charge on any atom is 1.00 e. The third kappa shape index (κ3) is 16.2. The molecule has 0 aromatic heterocycles. The predicted octanol–water partition coefficient (Wildman–Crippen LogP) is -7.98. The largest absolute Gasteiger partial charge is 1.00 e. The molecule has 0 saturated carbocycles. The number of fused-ring (bicyclic) bond motifs is 3. The number of hydrazone groups is 1. The summed E-state index contributed by atoms with van der Waals surface area (Å²) in [5, 5.41) is 28.1. The number of azo groups is 3. The minimum absolute atomic E-state index is 0. The first-order chi connectivity index (χ1) is 34.6. The molecule has 1 aliphatic carbocycles. The smallest absolute Gasteiger partial charge is 0.744 e. The van der Waals surface area contributed by atoms with Crippen LogP contribution in [0.5, 0.6) is 5.75 Å². The maximum atomic E-state index is 14.1. The first-order valence-electron chi connectivity index (χ1n) is 20.1. The van der Waals surface area contributed by atoms with Gasteiger partial charge in [0.2, 0.25) is 5.78 Å². The first-order valence-corrected chi connectivity index (χ1v) is 27.2. The van der Waals surface area contributed by atoms with Crippen LogP contribution in [0.1, 0.15) is 15.9 Å². The number of Topliss-reactive ketones (excluding diaryl/α,β-unsaturated/α-hetero) is 1. The SMILES string of the molecule is COc1cc(N=Nc2ccc(N=Nc3cccc(S(=O)(=O)[O-])c3)c3ccc(S(=O)(=O)[O-])cc23)c2cc(S(=O)(=O)[O-])ccc2c1N/N=C1/C(=O)c2ccc(N)c(N=Nc3cccc(S(=O)(=O)[O-])c3)c2C=C1S(=O)(=O)[O-].[Na+].[Na+].[Na+].[Na+].[Na+]. The van der Waals surface area contributed by atoms with Crippen LogP contribution in [0, 0.1) is 0 Å². The van der Waals surface area contributed by atoms with Crippen molar-refractivity contribution in [1.82, 2.24) is 0 Å². The molecule has 0 atom stereocenters. The molecule has 3 N–H and O–H groups in total. The van der Waals surface area contributed by atoms with Gasteiger partial charge in [0.25, 0.3) is 0 Å². The normalized spacial score (nSPS) is 13.5. The number of hydrogen-bond acceptors (Lipinski definition) is 26. The quantitative estimate of drug-likeness (QED) is 0.0336. The maximum absolute atomic E-state index is 14.1. The van der Waals surface area contributed by atoms with E-state index in [9.17, 15) is 69.6 Å². The zero-order chi connectivity index (χ0) is 53.7. The molecule has 380 valence electrons. The van der Waals surface area contributed by atoms with Gasteiger partial charge in [0.1, 0.15) is 73.4 Å². The Hall–Kier alpha value is -3.11. The summed E-state index contributed by atoms with van der Waals surface area (Å²) in [5.74, 6) is -1.39. The fraction of sp³-hybridized carbons (Fsp3) is 0.0233. The zero-order valence-electron chi connectivity index (χ0n) is 41.7. The van der Waals surface area contributed by atoms with Crippen LogP contribution < -0.4 is 164 Å². The summed E-state index contributed by atoms with van der Waals surface area (Å²) < 4.78 is 186. The molecule has 0 saturated heterocycles. The number of methoxy groups -OCH3 is 1. The second-order valence-corrected chi connectivity index (χ2v) is 22.1. The van der Waals surface area contributed by atoms with Gasteiger partial charge in [0, 0.05) is 38.7 Å². The Morgan fingerprint density at radius 1 is 0.481 bits per heavy atom. The molecule has 36 heteroatoms. The molecular formula is C43H26N9Na5O17S5. The number of nitrogen functional groups attached to an aromatic ring is 1. The molecule has 7 aromatic carbocycles. The number of benzene rings is 7. The van der Waals surface area contributed by atoms with Crippen LogP contribution in [-0.4, -0.2) is 83.5 Å². The molecule has 1 aliphatic rings. The van der Waals surface area contributed by atoms with Gasteiger partial charge in [0.05, 0.1) is 65.7 Å². The zero-order valence-corrected chi connectivity index (χ0v) is 55.8. The molecule has 79 heavy (non-hydrogen) atoms. The van der Waals surface area contributed by atoms with Gasteiger partial charge >= 0.3 is 148 Å². The third-order valence-electron chi connectivity index (χ3n) is 10.6. The average molecular weight is 1220 g/mol. The van der Waals surface area contributed by atoms with E-state index >= 15 is 0 Å². The van der Waals surface area contributed by atoms with Crippen molar-refractivity contribution in [3.63, 3.8) is 0 Å². The number of nitrogens with two attached hydrogens (primary N) is 1. The van der Waals surface area contributed by atoms with Gasteiger partial charge in [0.15, 0.2) is 0 Å². The topological polar surface area (TPSA) is 437 Å². The molecule has 0 heterocycles. The van der Waals surface area contributed by atoms with Crippen LogP contribution in [0.15, 0.2) is 176 Å². The molecule has 0 spiro atoms. The van der Waals surface area contributed by atoms with Gasteiger partial charge < -0.3 is 33.2 Å². The van der Waals surface area contributed by atoms with Crippen LogP contribution in [-0.2, 0) is 50.6 Å². The summed E-state index contributed by atoms with van der Waals surface area (Å²) in [4.78, 5) is 10.1. The van der Waals surface area contributed by atoms with Crippen molar-refractivity contribution >= 4 is 135 Å². The summed E-state index contributed by atoms with van der Waals surface area (Å²) in [6.07, 6.45) is 0.741. The molecule has 0 radical (unpaired) electrons. The van der Waals surface area contributed by atoms with Crippen LogP contribution in [0.2, 0.25) is 0 Å². The molecule has 26 nitrogen and oxygen atoms in total. The average Bonchev–Trinajstić information content (AvgIpc) is 3.33. The Labute approximate surface area is 560 Å². The van der Waals surface area contributed by atoms with E-state index in [4.69, 9.17) is 10.5 Å². The Bertz CT molecular complexity index is 4360. The third-order valence-corrected chi connectivity index (χ3v) is 14.7. The Kier molecular flexibility index (Phi) is 24.4. The van der Waals surface area contributed by atoms with Crippen LogP contribution >= 0.6 is 0 Å². The molecule has 0 aliphatic heterocycles. The van der Waals surface area contributed by atoms with Crippen molar-refractivity contribution in [2.75, 3.05) is 18.3 Å². The fourth-order valence-corrected chi connectivity index (χ4v) is 9.81. The van der Waals surface area contributed by atoms with E-state index in [1.165, 1.54) is 48.5 Å². The van der Waals surface area contributed by atoms with E-state index in [1.807, 2.05) is 0 Å². The number of carbonyl (C=O) groups is 1. The van der Waals surface area contributed by atoms with Crippen molar-refractivity contribution in [1.29, 1.82) is 0 Å². The second kappa shape index (κ2) is 27.5.